The third-order valence-corrected chi connectivity index (χ3v) is 5.53. The molecule has 0 N–H and O–H groups in total. The van der Waals surface area contributed by atoms with Crippen LogP contribution in [0.15, 0.2) is 88.8 Å². The van der Waals surface area contributed by atoms with E-state index < -0.39 is 9.84 Å². The molecule has 0 spiro atoms. The van der Waals surface area contributed by atoms with Crippen molar-refractivity contribution in [2.45, 2.75) is 9.92 Å². The van der Waals surface area contributed by atoms with E-state index in [1.165, 1.54) is 0 Å². The minimum atomic E-state index is -3.63. The second-order valence-electron chi connectivity index (χ2n) is 5.35. The van der Waals surface area contributed by atoms with Gasteiger partial charge in [-0.2, -0.15) is 0 Å². The number of nitrogens with zero attached hydrogens (tertiary/aromatic N) is 1. The molecule has 0 aliphatic rings. The van der Waals surface area contributed by atoms with E-state index in [2.05, 4.69) is 4.98 Å². The van der Waals surface area contributed by atoms with Crippen LogP contribution in [-0.4, -0.2) is 13.4 Å². The number of aromatic nitrogens is 1. The third-order valence-electron chi connectivity index (χ3n) is 3.88. The van der Waals surface area contributed by atoms with Gasteiger partial charge in [0, 0.05) is 5.39 Å². The molecule has 0 aliphatic carbocycles. The molecule has 112 valence electrons. The molecule has 4 aromatic rings. The molecule has 0 aliphatic heterocycles. The van der Waals surface area contributed by atoms with Crippen LogP contribution in [0.3, 0.4) is 0 Å². The predicted octanol–water partition coefficient (Wildman–Crippen LogP) is 4.22. The van der Waals surface area contributed by atoms with Crippen LogP contribution >= 0.6 is 0 Å². The molecular weight excluding hydrogens is 306 g/mol. The van der Waals surface area contributed by atoms with Gasteiger partial charge in [-0.15, -0.1) is 0 Å². The highest BCUT2D eigenvalue weighted by atomic mass is 32.2. The first-order valence-electron chi connectivity index (χ1n) is 7.24. The van der Waals surface area contributed by atoms with Gasteiger partial charge in [-0.25, -0.2) is 13.4 Å². The van der Waals surface area contributed by atoms with Crippen LogP contribution in [0.1, 0.15) is 0 Å². The van der Waals surface area contributed by atoms with Gasteiger partial charge in [-0.1, -0.05) is 48.5 Å². The van der Waals surface area contributed by atoms with Gasteiger partial charge in [0.25, 0.3) is 0 Å². The van der Waals surface area contributed by atoms with Gasteiger partial charge in [0.15, 0.2) is 5.03 Å². The van der Waals surface area contributed by atoms with E-state index >= 15 is 0 Å². The van der Waals surface area contributed by atoms with Gasteiger partial charge in [0.05, 0.1) is 10.4 Å². The molecule has 1 aromatic heterocycles. The van der Waals surface area contributed by atoms with Gasteiger partial charge in [-0.3, -0.25) is 0 Å². The lowest BCUT2D eigenvalue weighted by Gasteiger charge is -2.06. The first-order valence-corrected chi connectivity index (χ1v) is 8.73. The van der Waals surface area contributed by atoms with E-state index in [0.717, 1.165) is 16.2 Å². The Balaban J connectivity index is 1.89. The first-order chi connectivity index (χ1) is 11.1. The van der Waals surface area contributed by atoms with Crippen molar-refractivity contribution in [1.82, 2.24) is 4.98 Å². The van der Waals surface area contributed by atoms with Crippen molar-refractivity contribution in [3.05, 3.63) is 78.9 Å². The van der Waals surface area contributed by atoms with Crippen LogP contribution in [-0.2, 0) is 9.84 Å². The highest BCUT2D eigenvalue weighted by Gasteiger charge is 2.19. The van der Waals surface area contributed by atoms with Crippen molar-refractivity contribution in [3.63, 3.8) is 0 Å². The Hall–Kier alpha value is -2.72. The SMILES string of the molecule is O=S(=O)(c1ccc2ccccc2c1)c1ccc2ccccc2n1. The molecule has 0 saturated heterocycles. The van der Waals surface area contributed by atoms with E-state index in [-0.39, 0.29) is 9.92 Å². The Kier molecular flexibility index (Phi) is 3.13. The molecule has 0 radical (unpaired) electrons. The Morgan fingerprint density at radius 1 is 0.652 bits per heavy atom. The van der Waals surface area contributed by atoms with Crippen LogP contribution in [0.2, 0.25) is 0 Å². The number of rotatable bonds is 2. The zero-order valence-electron chi connectivity index (χ0n) is 12.2. The van der Waals surface area contributed by atoms with Gasteiger partial charge in [0.2, 0.25) is 9.84 Å². The van der Waals surface area contributed by atoms with E-state index in [1.54, 1.807) is 24.3 Å². The summed E-state index contributed by atoms with van der Waals surface area (Å²) in [5, 5.41) is 2.91. The van der Waals surface area contributed by atoms with Gasteiger partial charge >= 0.3 is 0 Å². The van der Waals surface area contributed by atoms with Crippen molar-refractivity contribution in [2.75, 3.05) is 0 Å². The van der Waals surface area contributed by atoms with Crippen molar-refractivity contribution in [3.8, 4) is 0 Å². The van der Waals surface area contributed by atoms with Gasteiger partial charge in [-0.05, 0) is 41.1 Å². The number of para-hydroxylation sites is 1. The minimum Gasteiger partial charge on any atom is -0.236 e. The summed E-state index contributed by atoms with van der Waals surface area (Å²) < 4.78 is 25.7. The van der Waals surface area contributed by atoms with E-state index in [1.807, 2.05) is 54.6 Å². The lowest BCUT2D eigenvalue weighted by atomic mass is 10.1. The second kappa shape index (κ2) is 5.18. The normalized spacial score (nSPS) is 11.8. The molecule has 23 heavy (non-hydrogen) atoms. The number of sulfone groups is 1. The van der Waals surface area contributed by atoms with Crippen LogP contribution < -0.4 is 0 Å². The molecule has 0 bridgehead atoms. The summed E-state index contributed by atoms with van der Waals surface area (Å²) in [6.45, 7) is 0. The topological polar surface area (TPSA) is 47.0 Å². The maximum absolute atomic E-state index is 12.9. The fourth-order valence-electron chi connectivity index (χ4n) is 2.65. The number of pyridine rings is 1. The fourth-order valence-corrected chi connectivity index (χ4v) is 3.89. The van der Waals surface area contributed by atoms with Gasteiger partial charge < -0.3 is 0 Å². The maximum Gasteiger partial charge on any atom is 0.223 e. The highest BCUT2D eigenvalue weighted by Crippen LogP contribution is 2.25. The number of fused-ring (bicyclic) bond motifs is 2. The number of hydrogen-bond donors (Lipinski definition) is 0. The molecule has 3 nitrogen and oxygen atoms in total. The number of hydrogen-bond acceptors (Lipinski definition) is 3. The van der Waals surface area contributed by atoms with Crippen molar-refractivity contribution >= 4 is 31.5 Å². The van der Waals surface area contributed by atoms with Crippen molar-refractivity contribution in [1.29, 1.82) is 0 Å². The monoisotopic (exact) mass is 319 g/mol. The standard InChI is InChI=1S/C19H13NO2S/c21-23(22,17-11-9-14-5-1-2-7-16(14)13-17)19-12-10-15-6-3-4-8-18(15)20-19/h1-13H. The van der Waals surface area contributed by atoms with Crippen LogP contribution in [0, 0.1) is 0 Å². The zero-order valence-corrected chi connectivity index (χ0v) is 13.0. The summed E-state index contributed by atoms with van der Waals surface area (Å²) in [7, 11) is -3.63. The van der Waals surface area contributed by atoms with Crippen molar-refractivity contribution < 1.29 is 8.42 Å². The summed E-state index contributed by atoms with van der Waals surface area (Å²) in [4.78, 5) is 4.58. The van der Waals surface area contributed by atoms with E-state index in [4.69, 9.17) is 0 Å². The smallest absolute Gasteiger partial charge is 0.223 e. The average molecular weight is 319 g/mol. The maximum atomic E-state index is 12.9. The average Bonchev–Trinajstić information content (AvgIpc) is 2.61. The van der Waals surface area contributed by atoms with E-state index in [0.29, 0.717) is 5.52 Å². The predicted molar refractivity (Wildman–Crippen MR) is 91.1 cm³/mol. The molecule has 0 fully saturated rings. The highest BCUT2D eigenvalue weighted by molar-refractivity contribution is 7.91. The summed E-state index contributed by atoms with van der Waals surface area (Å²) in [6.07, 6.45) is 0. The summed E-state index contributed by atoms with van der Waals surface area (Å²) in [5.41, 5.74) is 0.675. The minimum absolute atomic E-state index is 0.0754. The van der Waals surface area contributed by atoms with E-state index in [9.17, 15) is 8.42 Å². The van der Waals surface area contributed by atoms with Crippen LogP contribution in [0.4, 0.5) is 0 Å². The largest absolute Gasteiger partial charge is 0.236 e. The van der Waals surface area contributed by atoms with Crippen molar-refractivity contribution in [2.24, 2.45) is 0 Å². The first kappa shape index (κ1) is 13.9. The Labute approximate surface area is 134 Å². The van der Waals surface area contributed by atoms with Gasteiger partial charge in [0.1, 0.15) is 0 Å². The summed E-state index contributed by atoms with van der Waals surface area (Å²) in [5.74, 6) is 0. The zero-order chi connectivity index (χ0) is 15.9. The lowest BCUT2D eigenvalue weighted by molar-refractivity contribution is 0.593. The fraction of sp³-hybridized carbons (Fsp3) is 0. The van der Waals surface area contributed by atoms with Crippen LogP contribution in [0.5, 0.6) is 0 Å². The molecule has 4 rings (SSSR count). The Morgan fingerprint density at radius 3 is 2.13 bits per heavy atom. The Bertz CT molecular complexity index is 1050. The molecule has 1 heterocycles. The molecule has 0 amide bonds. The number of benzene rings is 3. The van der Waals surface area contributed by atoms with Crippen LogP contribution in [0.25, 0.3) is 21.7 Å². The summed E-state index contributed by atoms with van der Waals surface area (Å²) in [6, 6.07) is 23.7. The summed E-state index contributed by atoms with van der Waals surface area (Å²) >= 11 is 0. The molecule has 0 unspecified atom stereocenters. The molecule has 4 heteroatoms. The lowest BCUT2D eigenvalue weighted by Crippen LogP contribution is -2.04. The second-order valence-corrected chi connectivity index (χ2v) is 7.25. The Morgan fingerprint density at radius 2 is 1.30 bits per heavy atom. The molecule has 3 aromatic carbocycles. The molecule has 0 saturated carbocycles. The third kappa shape index (κ3) is 2.37. The quantitative estimate of drug-likeness (QED) is 0.556. The molecular formula is C19H13NO2S. The molecule has 0 atom stereocenters.